The number of aromatic nitrogens is 1. The summed E-state index contributed by atoms with van der Waals surface area (Å²) in [6.45, 7) is 2.35. The summed E-state index contributed by atoms with van der Waals surface area (Å²) in [5, 5.41) is 2.67. The molecule has 1 aliphatic rings. The molecular formula is C11H16N4O3S. The molecule has 1 aromatic heterocycles. The Bertz CT molecular complexity index is 587. The van der Waals surface area contributed by atoms with E-state index in [9.17, 15) is 13.2 Å². The minimum atomic E-state index is -3.73. The second-order valence-electron chi connectivity index (χ2n) is 4.25. The maximum absolute atomic E-state index is 12.5. The van der Waals surface area contributed by atoms with Crippen LogP contribution in [0, 0.1) is 0 Å². The second-order valence-corrected chi connectivity index (χ2v) is 6.14. The lowest BCUT2D eigenvalue weighted by Gasteiger charge is -2.33. The first-order valence-electron chi connectivity index (χ1n) is 5.98. The van der Waals surface area contributed by atoms with Gasteiger partial charge in [0.25, 0.3) is 0 Å². The standard InChI is InChI=1S/C11H16N4O3S/c1-2-9-11(16)14-5-6-15(9)19(17,18)8-3-4-13-10(12)7-8/h3-4,7,9H,2,5-6H2,1H3,(H2,12,13)(H,14,16). The van der Waals surface area contributed by atoms with Gasteiger partial charge in [0.1, 0.15) is 11.9 Å². The molecule has 3 N–H and O–H groups in total. The third kappa shape index (κ3) is 2.54. The number of nitrogen functional groups attached to an aromatic ring is 1. The molecule has 1 fully saturated rings. The smallest absolute Gasteiger partial charge is 0.244 e. The number of rotatable bonds is 3. The zero-order chi connectivity index (χ0) is 14.0. The summed E-state index contributed by atoms with van der Waals surface area (Å²) in [4.78, 5) is 15.6. The Morgan fingerprint density at radius 1 is 1.58 bits per heavy atom. The molecule has 7 nitrogen and oxygen atoms in total. The molecule has 0 saturated carbocycles. The number of anilines is 1. The van der Waals surface area contributed by atoms with Crippen LogP contribution in [0.1, 0.15) is 13.3 Å². The van der Waals surface area contributed by atoms with Crippen molar-refractivity contribution in [3.05, 3.63) is 18.3 Å². The highest BCUT2D eigenvalue weighted by molar-refractivity contribution is 7.89. The van der Waals surface area contributed by atoms with Crippen LogP contribution in [0.4, 0.5) is 5.82 Å². The number of nitrogens with two attached hydrogens (primary N) is 1. The van der Waals surface area contributed by atoms with Crippen LogP contribution in [-0.2, 0) is 14.8 Å². The van der Waals surface area contributed by atoms with Crippen LogP contribution in [-0.4, -0.2) is 42.7 Å². The summed E-state index contributed by atoms with van der Waals surface area (Å²) in [5.41, 5.74) is 5.51. The third-order valence-electron chi connectivity index (χ3n) is 3.03. The van der Waals surface area contributed by atoms with E-state index in [0.717, 1.165) is 0 Å². The molecule has 0 aliphatic carbocycles. The van der Waals surface area contributed by atoms with Crippen LogP contribution in [0.5, 0.6) is 0 Å². The quantitative estimate of drug-likeness (QED) is 0.783. The molecule has 2 heterocycles. The lowest BCUT2D eigenvalue weighted by Crippen LogP contribution is -2.56. The lowest BCUT2D eigenvalue weighted by molar-refractivity contribution is -0.126. The van der Waals surface area contributed by atoms with Crippen LogP contribution in [0.3, 0.4) is 0 Å². The van der Waals surface area contributed by atoms with Crippen molar-refractivity contribution >= 4 is 21.7 Å². The number of hydrogen-bond acceptors (Lipinski definition) is 5. The molecule has 1 aliphatic heterocycles. The first-order valence-corrected chi connectivity index (χ1v) is 7.42. The van der Waals surface area contributed by atoms with Crippen molar-refractivity contribution in [2.75, 3.05) is 18.8 Å². The van der Waals surface area contributed by atoms with Crippen molar-refractivity contribution in [3.8, 4) is 0 Å². The number of nitrogens with one attached hydrogen (secondary N) is 1. The second kappa shape index (κ2) is 5.14. The third-order valence-corrected chi connectivity index (χ3v) is 4.93. The number of hydrogen-bond donors (Lipinski definition) is 2. The summed E-state index contributed by atoms with van der Waals surface area (Å²) >= 11 is 0. The van der Waals surface area contributed by atoms with E-state index >= 15 is 0 Å². The number of sulfonamides is 1. The highest BCUT2D eigenvalue weighted by Crippen LogP contribution is 2.21. The Hall–Kier alpha value is -1.67. The van der Waals surface area contributed by atoms with Gasteiger partial charge in [0.2, 0.25) is 15.9 Å². The number of nitrogens with zero attached hydrogens (tertiary/aromatic N) is 2. The van der Waals surface area contributed by atoms with Crippen LogP contribution >= 0.6 is 0 Å². The van der Waals surface area contributed by atoms with Gasteiger partial charge in [0.15, 0.2) is 0 Å². The molecule has 1 aromatic rings. The number of carbonyl (C=O) groups excluding carboxylic acids is 1. The summed E-state index contributed by atoms with van der Waals surface area (Å²) < 4.78 is 26.3. The van der Waals surface area contributed by atoms with E-state index in [1.807, 2.05) is 0 Å². The minimum Gasteiger partial charge on any atom is -0.384 e. The zero-order valence-electron chi connectivity index (χ0n) is 10.5. The lowest BCUT2D eigenvalue weighted by atomic mass is 10.2. The van der Waals surface area contributed by atoms with Gasteiger partial charge < -0.3 is 11.1 Å². The molecule has 0 bridgehead atoms. The van der Waals surface area contributed by atoms with Crippen molar-refractivity contribution < 1.29 is 13.2 Å². The predicted octanol–water partition coefficient (Wildman–Crippen LogP) is -0.437. The molecule has 1 atom stereocenters. The minimum absolute atomic E-state index is 0.0631. The highest BCUT2D eigenvalue weighted by atomic mass is 32.2. The molecule has 0 radical (unpaired) electrons. The van der Waals surface area contributed by atoms with Gasteiger partial charge in [0, 0.05) is 25.4 Å². The van der Waals surface area contributed by atoms with Crippen LogP contribution < -0.4 is 11.1 Å². The fourth-order valence-corrected chi connectivity index (χ4v) is 3.78. The Balaban J connectivity index is 2.40. The highest BCUT2D eigenvalue weighted by Gasteiger charge is 2.37. The number of amides is 1. The zero-order valence-corrected chi connectivity index (χ0v) is 11.4. The van der Waals surface area contributed by atoms with Gasteiger partial charge >= 0.3 is 0 Å². The van der Waals surface area contributed by atoms with E-state index in [1.165, 1.54) is 22.6 Å². The molecule has 2 rings (SSSR count). The van der Waals surface area contributed by atoms with Gasteiger partial charge in [-0.1, -0.05) is 6.92 Å². The van der Waals surface area contributed by atoms with Crippen LogP contribution in [0.2, 0.25) is 0 Å². The van der Waals surface area contributed by atoms with Crippen molar-refractivity contribution in [1.82, 2.24) is 14.6 Å². The molecule has 104 valence electrons. The molecule has 1 amide bonds. The number of pyridine rings is 1. The normalized spacial score (nSPS) is 21.1. The van der Waals surface area contributed by atoms with E-state index in [2.05, 4.69) is 10.3 Å². The van der Waals surface area contributed by atoms with Gasteiger partial charge in [-0.3, -0.25) is 4.79 Å². The van der Waals surface area contributed by atoms with E-state index in [0.29, 0.717) is 13.0 Å². The van der Waals surface area contributed by atoms with Gasteiger partial charge in [-0.15, -0.1) is 0 Å². The maximum Gasteiger partial charge on any atom is 0.244 e. The van der Waals surface area contributed by atoms with E-state index < -0.39 is 16.1 Å². The summed E-state index contributed by atoms with van der Waals surface area (Å²) in [7, 11) is -3.73. The maximum atomic E-state index is 12.5. The Morgan fingerprint density at radius 3 is 2.95 bits per heavy atom. The molecule has 8 heteroatoms. The van der Waals surface area contributed by atoms with E-state index in [4.69, 9.17) is 5.73 Å². The molecule has 1 unspecified atom stereocenters. The van der Waals surface area contributed by atoms with Crippen molar-refractivity contribution in [2.45, 2.75) is 24.3 Å². The topological polar surface area (TPSA) is 105 Å². The Kier molecular flexibility index (Phi) is 3.72. The molecule has 0 aromatic carbocycles. The van der Waals surface area contributed by atoms with E-state index in [1.54, 1.807) is 6.92 Å². The first-order chi connectivity index (χ1) is 8.96. The van der Waals surface area contributed by atoms with Gasteiger partial charge in [0.05, 0.1) is 4.90 Å². The van der Waals surface area contributed by atoms with Gasteiger partial charge in [-0.05, 0) is 12.5 Å². The van der Waals surface area contributed by atoms with Crippen molar-refractivity contribution in [3.63, 3.8) is 0 Å². The number of piperazine rings is 1. The van der Waals surface area contributed by atoms with E-state index in [-0.39, 0.29) is 23.2 Å². The monoisotopic (exact) mass is 284 g/mol. The summed E-state index contributed by atoms with van der Waals surface area (Å²) in [6.07, 6.45) is 1.76. The van der Waals surface area contributed by atoms with Gasteiger partial charge in [-0.25, -0.2) is 13.4 Å². The van der Waals surface area contributed by atoms with Gasteiger partial charge in [-0.2, -0.15) is 4.31 Å². The Labute approximate surface area is 111 Å². The van der Waals surface area contributed by atoms with Crippen LogP contribution in [0.15, 0.2) is 23.2 Å². The largest absolute Gasteiger partial charge is 0.384 e. The molecule has 0 spiro atoms. The van der Waals surface area contributed by atoms with Crippen molar-refractivity contribution in [2.24, 2.45) is 0 Å². The van der Waals surface area contributed by atoms with Crippen LogP contribution in [0.25, 0.3) is 0 Å². The number of carbonyl (C=O) groups is 1. The molecule has 19 heavy (non-hydrogen) atoms. The summed E-state index contributed by atoms with van der Waals surface area (Å²) in [5.74, 6) is -0.130. The first kappa shape index (κ1) is 13.8. The average Bonchev–Trinajstić information content (AvgIpc) is 2.38. The predicted molar refractivity (Wildman–Crippen MR) is 69.6 cm³/mol. The molecule has 1 saturated heterocycles. The SMILES string of the molecule is CCC1C(=O)NCCN1S(=O)(=O)c1ccnc(N)c1. The fourth-order valence-electron chi connectivity index (χ4n) is 2.09. The van der Waals surface area contributed by atoms with Crippen molar-refractivity contribution in [1.29, 1.82) is 0 Å². The Morgan fingerprint density at radius 2 is 2.32 bits per heavy atom. The fraction of sp³-hybridized carbons (Fsp3) is 0.455. The summed E-state index contributed by atoms with van der Waals surface area (Å²) in [6, 6.07) is 2.01. The molecular weight excluding hydrogens is 268 g/mol. The average molecular weight is 284 g/mol.